The molecule has 0 spiro atoms. The van der Waals surface area contributed by atoms with Crippen LogP contribution in [-0.4, -0.2) is 9.55 Å². The van der Waals surface area contributed by atoms with Gasteiger partial charge in [0.1, 0.15) is 5.82 Å². The second-order valence-electron chi connectivity index (χ2n) is 11.7. The molecule has 0 amide bonds. The summed E-state index contributed by atoms with van der Waals surface area (Å²) >= 11 is 0. The van der Waals surface area contributed by atoms with Crippen LogP contribution in [0.1, 0.15) is 134 Å². The molecule has 0 N–H and O–H groups in total. The molecule has 2 atom stereocenters. The minimum atomic E-state index is -0.0181. The van der Waals surface area contributed by atoms with Crippen LogP contribution in [0.15, 0.2) is 73.1 Å². The third kappa shape index (κ3) is 9.44. The maximum atomic E-state index is 5.08. The van der Waals surface area contributed by atoms with Gasteiger partial charge in [-0.05, 0) is 30.4 Å². The summed E-state index contributed by atoms with van der Waals surface area (Å²) in [5, 5.41) is 0. The molecular weight excluding hydrogens is 460 g/mol. The summed E-state index contributed by atoms with van der Waals surface area (Å²) < 4.78 is 2.50. The molecule has 0 saturated heterocycles. The van der Waals surface area contributed by atoms with Gasteiger partial charge in [-0.25, -0.2) is 4.98 Å². The molecule has 1 heterocycles. The Labute approximate surface area is 234 Å². The number of rotatable bonds is 20. The molecule has 2 unspecified atom stereocenters. The standard InChI is InChI=1S/C36H54N2/c1-4-6-8-10-11-12-14-22-29-38-30-28-37-35(38)34(27-21-13-9-7-5-2)36(3,33-25-19-16-20-26-33)31-32-23-17-15-18-24-32/h15-20,23-26,28,30,34H,4-14,21-22,27,29,31H2,1-3H3. The van der Waals surface area contributed by atoms with Gasteiger partial charge in [0.2, 0.25) is 0 Å². The number of nitrogens with zero attached hydrogens (tertiary/aromatic N) is 2. The average molecular weight is 515 g/mol. The van der Waals surface area contributed by atoms with Crippen LogP contribution in [0, 0.1) is 0 Å². The molecule has 0 aliphatic rings. The second-order valence-corrected chi connectivity index (χ2v) is 11.7. The van der Waals surface area contributed by atoms with Crippen molar-refractivity contribution in [1.82, 2.24) is 9.55 Å². The minimum Gasteiger partial charge on any atom is -0.335 e. The first-order chi connectivity index (χ1) is 18.7. The van der Waals surface area contributed by atoms with Crippen molar-refractivity contribution in [2.24, 2.45) is 0 Å². The van der Waals surface area contributed by atoms with E-state index in [1.165, 1.54) is 107 Å². The fourth-order valence-electron chi connectivity index (χ4n) is 6.19. The number of unbranched alkanes of at least 4 members (excludes halogenated alkanes) is 11. The zero-order valence-corrected chi connectivity index (χ0v) is 24.7. The summed E-state index contributed by atoms with van der Waals surface area (Å²) in [7, 11) is 0. The predicted molar refractivity (Wildman–Crippen MR) is 165 cm³/mol. The molecule has 0 radical (unpaired) electrons. The van der Waals surface area contributed by atoms with Gasteiger partial charge in [-0.15, -0.1) is 0 Å². The van der Waals surface area contributed by atoms with E-state index in [4.69, 9.17) is 4.98 Å². The quantitative estimate of drug-likeness (QED) is 0.137. The van der Waals surface area contributed by atoms with Crippen LogP contribution in [0.3, 0.4) is 0 Å². The van der Waals surface area contributed by atoms with Gasteiger partial charge in [-0.2, -0.15) is 0 Å². The molecule has 208 valence electrons. The highest BCUT2D eigenvalue weighted by atomic mass is 15.1. The monoisotopic (exact) mass is 514 g/mol. The number of hydrogen-bond donors (Lipinski definition) is 0. The Bertz CT molecular complexity index is 977. The molecule has 3 rings (SSSR count). The summed E-state index contributed by atoms with van der Waals surface area (Å²) in [6.07, 6.45) is 23.9. The van der Waals surface area contributed by atoms with E-state index in [0.717, 1.165) is 13.0 Å². The van der Waals surface area contributed by atoms with E-state index in [1.54, 1.807) is 0 Å². The van der Waals surface area contributed by atoms with Crippen molar-refractivity contribution in [3.63, 3.8) is 0 Å². The highest BCUT2D eigenvalue weighted by Crippen LogP contribution is 2.44. The zero-order valence-electron chi connectivity index (χ0n) is 24.7. The van der Waals surface area contributed by atoms with Crippen LogP contribution in [0.5, 0.6) is 0 Å². The number of hydrogen-bond acceptors (Lipinski definition) is 1. The lowest BCUT2D eigenvalue weighted by molar-refractivity contribution is 0.321. The summed E-state index contributed by atoms with van der Waals surface area (Å²) in [6.45, 7) is 8.19. The van der Waals surface area contributed by atoms with E-state index in [-0.39, 0.29) is 5.41 Å². The maximum Gasteiger partial charge on any atom is 0.112 e. The van der Waals surface area contributed by atoms with Gasteiger partial charge in [0, 0.05) is 30.3 Å². The Morgan fingerprint density at radius 2 is 1.24 bits per heavy atom. The third-order valence-electron chi connectivity index (χ3n) is 8.52. The van der Waals surface area contributed by atoms with Gasteiger partial charge < -0.3 is 4.57 Å². The Morgan fingerprint density at radius 3 is 1.87 bits per heavy atom. The van der Waals surface area contributed by atoms with E-state index < -0.39 is 0 Å². The first-order valence-electron chi connectivity index (χ1n) is 15.8. The van der Waals surface area contributed by atoms with Crippen LogP contribution in [0.4, 0.5) is 0 Å². The van der Waals surface area contributed by atoms with Gasteiger partial charge in [0.25, 0.3) is 0 Å². The van der Waals surface area contributed by atoms with Gasteiger partial charge >= 0.3 is 0 Å². The zero-order chi connectivity index (χ0) is 26.9. The number of aromatic nitrogens is 2. The fourth-order valence-corrected chi connectivity index (χ4v) is 6.19. The molecule has 2 aromatic carbocycles. The van der Waals surface area contributed by atoms with Crippen LogP contribution < -0.4 is 0 Å². The summed E-state index contributed by atoms with van der Waals surface area (Å²) in [4.78, 5) is 5.08. The second kappa shape index (κ2) is 17.3. The van der Waals surface area contributed by atoms with Crippen molar-refractivity contribution in [2.75, 3.05) is 0 Å². The lowest BCUT2D eigenvalue weighted by Crippen LogP contribution is -2.35. The highest BCUT2D eigenvalue weighted by Gasteiger charge is 2.39. The van der Waals surface area contributed by atoms with Crippen LogP contribution in [0.2, 0.25) is 0 Å². The van der Waals surface area contributed by atoms with E-state index in [0.29, 0.717) is 5.92 Å². The van der Waals surface area contributed by atoms with Crippen molar-refractivity contribution in [2.45, 2.75) is 135 Å². The van der Waals surface area contributed by atoms with Gasteiger partial charge in [-0.1, -0.05) is 158 Å². The molecule has 1 aromatic heterocycles. The molecule has 2 nitrogen and oxygen atoms in total. The summed E-state index contributed by atoms with van der Waals surface area (Å²) in [6, 6.07) is 22.4. The van der Waals surface area contributed by atoms with Crippen molar-refractivity contribution in [3.05, 3.63) is 90.0 Å². The number of benzene rings is 2. The van der Waals surface area contributed by atoms with E-state index >= 15 is 0 Å². The van der Waals surface area contributed by atoms with Gasteiger partial charge in [-0.3, -0.25) is 0 Å². The van der Waals surface area contributed by atoms with Crippen molar-refractivity contribution >= 4 is 0 Å². The summed E-state index contributed by atoms with van der Waals surface area (Å²) in [5.41, 5.74) is 2.83. The SMILES string of the molecule is CCCCCCCCCCn1ccnc1C(CCCCCCC)C(C)(Cc1ccccc1)c1ccccc1. The van der Waals surface area contributed by atoms with E-state index in [1.807, 2.05) is 0 Å². The Balaban J connectivity index is 1.80. The van der Waals surface area contributed by atoms with Crippen molar-refractivity contribution in [1.29, 1.82) is 0 Å². The smallest absolute Gasteiger partial charge is 0.112 e. The molecule has 0 saturated carbocycles. The highest BCUT2D eigenvalue weighted by molar-refractivity contribution is 5.33. The molecule has 0 bridgehead atoms. The van der Waals surface area contributed by atoms with Crippen molar-refractivity contribution in [3.8, 4) is 0 Å². The normalized spacial score (nSPS) is 13.9. The Hall–Kier alpha value is -2.35. The molecule has 38 heavy (non-hydrogen) atoms. The topological polar surface area (TPSA) is 17.8 Å². The van der Waals surface area contributed by atoms with Gasteiger partial charge in [0.05, 0.1) is 0 Å². The average Bonchev–Trinajstić information content (AvgIpc) is 3.41. The number of imidazole rings is 1. The van der Waals surface area contributed by atoms with Crippen molar-refractivity contribution < 1.29 is 0 Å². The predicted octanol–water partition coefficient (Wildman–Crippen LogP) is 10.7. The van der Waals surface area contributed by atoms with E-state index in [9.17, 15) is 0 Å². The lowest BCUT2D eigenvalue weighted by atomic mass is 9.66. The van der Waals surface area contributed by atoms with Crippen LogP contribution in [0.25, 0.3) is 0 Å². The fraction of sp³-hybridized carbons (Fsp3) is 0.583. The molecular formula is C36H54N2. The van der Waals surface area contributed by atoms with E-state index in [2.05, 4.69) is 98.4 Å². The minimum absolute atomic E-state index is 0.0181. The Morgan fingerprint density at radius 1 is 0.684 bits per heavy atom. The first kappa shape index (κ1) is 30.2. The molecule has 0 aliphatic carbocycles. The van der Waals surface area contributed by atoms with Gasteiger partial charge in [0.15, 0.2) is 0 Å². The largest absolute Gasteiger partial charge is 0.335 e. The lowest BCUT2D eigenvalue weighted by Gasteiger charge is -2.39. The maximum absolute atomic E-state index is 5.08. The Kier molecular flexibility index (Phi) is 13.7. The molecule has 0 aliphatic heterocycles. The summed E-state index contributed by atoms with van der Waals surface area (Å²) in [5.74, 6) is 1.68. The number of aryl methyl sites for hydroxylation is 1. The van der Waals surface area contributed by atoms with Crippen LogP contribution >= 0.6 is 0 Å². The molecule has 2 heteroatoms. The molecule has 0 fully saturated rings. The molecule has 3 aromatic rings. The first-order valence-corrected chi connectivity index (χ1v) is 15.8. The third-order valence-corrected chi connectivity index (χ3v) is 8.52. The van der Waals surface area contributed by atoms with Crippen LogP contribution in [-0.2, 0) is 18.4 Å².